The Hall–Kier alpha value is -4.10. The van der Waals surface area contributed by atoms with Crippen LogP contribution in [0.5, 0.6) is 5.75 Å². The maximum atomic E-state index is 16.2. The molecule has 0 aliphatic carbocycles. The third kappa shape index (κ3) is 6.37. The van der Waals surface area contributed by atoms with Crippen molar-refractivity contribution in [3.05, 3.63) is 100 Å². The van der Waals surface area contributed by atoms with Crippen molar-refractivity contribution in [3.63, 3.8) is 0 Å². The number of halogens is 2. The zero-order chi connectivity index (χ0) is 34.2. The summed E-state index contributed by atoms with van der Waals surface area (Å²) in [5.74, 6) is -0.358. The summed E-state index contributed by atoms with van der Waals surface area (Å²) in [5, 5.41) is 20.9. The van der Waals surface area contributed by atoms with Crippen molar-refractivity contribution in [2.75, 3.05) is 23.9 Å². The number of carbonyl (C=O) groups is 2. The van der Waals surface area contributed by atoms with Gasteiger partial charge in [0.25, 0.3) is 11.8 Å². The number of carbonyl (C=O) groups excluding carboxylic acids is 2. The largest absolute Gasteiger partial charge is 0.497 e. The predicted octanol–water partition coefficient (Wildman–Crippen LogP) is 6.14. The van der Waals surface area contributed by atoms with Gasteiger partial charge in [0.15, 0.2) is 5.60 Å². The molecule has 3 heterocycles. The monoisotopic (exact) mass is 691 g/mol. The highest BCUT2D eigenvalue weighted by Gasteiger charge is 2.66. The highest BCUT2D eigenvalue weighted by atomic mass is 35.5. The van der Waals surface area contributed by atoms with Gasteiger partial charge in [-0.05, 0) is 79.7 Å². The number of benzene rings is 3. The fourth-order valence-corrected chi connectivity index (χ4v) is 9.97. The number of fused-ring (bicyclic) bond motifs is 2. The first kappa shape index (κ1) is 33.8. The van der Waals surface area contributed by atoms with Gasteiger partial charge in [-0.15, -0.1) is 5.10 Å². The van der Waals surface area contributed by atoms with Crippen LogP contribution < -0.4 is 15.0 Å². The first-order valence-corrected chi connectivity index (χ1v) is 19.3. The van der Waals surface area contributed by atoms with Gasteiger partial charge in [0.1, 0.15) is 5.75 Å². The standard InChI is InChI=1S/C35H39ClFN5O5Si/c1-22-32(48(3,4)37)31(14-16-41-21-27(15-17-43)39-40-41)47-35(22)29-19-25(36)10-13-30(29)42(34(35)45)20-23-6-5-7-26(18-23)38-33(44)24-8-11-28(46-2)12-9-24/h5-13,18-19,21-22,31-32,43H,14-17,20H2,1-4H3,(H,38,44)/t22-,31+,32-,35+/m0/s1. The number of aryl methyl sites for hydroxylation is 1. The van der Waals surface area contributed by atoms with Gasteiger partial charge in [-0.1, -0.05) is 35.9 Å². The van der Waals surface area contributed by atoms with Crippen LogP contribution in [0, 0.1) is 5.92 Å². The molecule has 48 heavy (non-hydrogen) atoms. The lowest BCUT2D eigenvalue weighted by molar-refractivity contribution is -0.146. The minimum Gasteiger partial charge on any atom is -0.497 e. The number of rotatable bonds is 11. The summed E-state index contributed by atoms with van der Waals surface area (Å²) in [4.78, 5) is 29.3. The van der Waals surface area contributed by atoms with Gasteiger partial charge >= 0.3 is 0 Å². The Morgan fingerprint density at radius 2 is 1.94 bits per heavy atom. The zero-order valence-electron chi connectivity index (χ0n) is 27.3. The number of hydrogen-bond donors (Lipinski definition) is 2. The fourth-order valence-electron chi connectivity index (χ4n) is 7.26. The number of nitrogens with one attached hydrogen (secondary N) is 1. The molecular weight excluding hydrogens is 653 g/mol. The van der Waals surface area contributed by atoms with Gasteiger partial charge in [0.2, 0.25) is 8.41 Å². The molecule has 0 radical (unpaired) electrons. The number of aliphatic hydroxyl groups is 1. The van der Waals surface area contributed by atoms with Crippen LogP contribution in [0.1, 0.15) is 40.5 Å². The lowest BCUT2D eigenvalue weighted by Crippen LogP contribution is -2.45. The number of nitrogens with zero attached hydrogens (tertiary/aromatic N) is 4. The third-order valence-corrected chi connectivity index (χ3v) is 12.1. The molecule has 252 valence electrons. The lowest BCUT2D eigenvalue weighted by atomic mass is 9.82. The number of anilines is 2. The minimum atomic E-state index is -3.36. The van der Waals surface area contributed by atoms with E-state index in [9.17, 15) is 14.7 Å². The van der Waals surface area contributed by atoms with Crippen molar-refractivity contribution in [2.24, 2.45) is 5.92 Å². The van der Waals surface area contributed by atoms with E-state index < -0.39 is 31.6 Å². The van der Waals surface area contributed by atoms with Crippen LogP contribution in [0.4, 0.5) is 15.5 Å². The number of ether oxygens (including phenoxy) is 2. The van der Waals surface area contributed by atoms with Crippen LogP contribution in [-0.2, 0) is 34.6 Å². The van der Waals surface area contributed by atoms with Crippen LogP contribution >= 0.6 is 11.6 Å². The van der Waals surface area contributed by atoms with E-state index in [1.54, 1.807) is 78.4 Å². The summed E-state index contributed by atoms with van der Waals surface area (Å²) < 4.78 is 29.9. The van der Waals surface area contributed by atoms with E-state index in [0.29, 0.717) is 58.4 Å². The van der Waals surface area contributed by atoms with Crippen LogP contribution in [0.25, 0.3) is 0 Å². The van der Waals surface area contributed by atoms with Crippen LogP contribution in [-0.4, -0.2) is 60.1 Å². The molecule has 1 spiro atoms. The van der Waals surface area contributed by atoms with Gasteiger partial charge in [-0.25, -0.2) is 0 Å². The number of hydrogen-bond acceptors (Lipinski definition) is 7. The number of aliphatic hydroxyl groups excluding tert-OH is 1. The summed E-state index contributed by atoms with van der Waals surface area (Å²) >= 11 is 6.52. The quantitative estimate of drug-likeness (QED) is 0.143. The van der Waals surface area contributed by atoms with Gasteiger partial charge in [0.05, 0.1) is 31.1 Å². The number of methoxy groups -OCH3 is 1. The van der Waals surface area contributed by atoms with Gasteiger partial charge in [-0.2, -0.15) is 0 Å². The lowest BCUT2D eigenvalue weighted by Gasteiger charge is -2.31. The zero-order valence-corrected chi connectivity index (χ0v) is 29.1. The van der Waals surface area contributed by atoms with Crippen molar-refractivity contribution in [1.82, 2.24) is 15.0 Å². The molecule has 1 aromatic heterocycles. The molecule has 1 fully saturated rings. The molecule has 0 saturated carbocycles. The summed E-state index contributed by atoms with van der Waals surface area (Å²) in [7, 11) is -1.79. The van der Waals surface area contributed by atoms with E-state index in [4.69, 9.17) is 21.1 Å². The average Bonchev–Trinajstić information content (AvgIpc) is 3.70. The summed E-state index contributed by atoms with van der Waals surface area (Å²) in [6.07, 6.45) is 2.04. The molecule has 3 aromatic carbocycles. The average molecular weight is 692 g/mol. The first-order chi connectivity index (χ1) is 22.9. The van der Waals surface area contributed by atoms with Crippen molar-refractivity contribution in [3.8, 4) is 5.75 Å². The van der Waals surface area contributed by atoms with E-state index in [-0.39, 0.29) is 25.0 Å². The van der Waals surface area contributed by atoms with Gasteiger partial charge < -0.3 is 28.9 Å². The molecular formula is C35H39ClFN5O5Si. The maximum absolute atomic E-state index is 16.2. The van der Waals surface area contributed by atoms with Crippen molar-refractivity contribution in [1.29, 1.82) is 0 Å². The molecule has 6 rings (SSSR count). The molecule has 4 aromatic rings. The molecule has 10 nitrogen and oxygen atoms in total. The van der Waals surface area contributed by atoms with Crippen LogP contribution in [0.3, 0.4) is 0 Å². The molecule has 2 N–H and O–H groups in total. The summed E-state index contributed by atoms with van der Waals surface area (Å²) in [6, 6.07) is 19.5. The molecule has 0 unspecified atom stereocenters. The second-order valence-corrected chi connectivity index (χ2v) is 17.2. The van der Waals surface area contributed by atoms with Crippen LogP contribution in [0.15, 0.2) is 72.9 Å². The Bertz CT molecular complexity index is 1820. The topological polar surface area (TPSA) is 119 Å². The van der Waals surface area contributed by atoms with Crippen molar-refractivity contribution < 1.29 is 28.3 Å². The van der Waals surface area contributed by atoms with E-state index in [1.807, 2.05) is 31.2 Å². The Balaban J connectivity index is 1.27. The smallest absolute Gasteiger partial charge is 0.264 e. The highest BCUT2D eigenvalue weighted by Crippen LogP contribution is 2.60. The normalized spacial score (nSPS) is 21.9. The first-order valence-electron chi connectivity index (χ1n) is 16.0. The maximum Gasteiger partial charge on any atom is 0.264 e. The Labute approximate surface area is 285 Å². The van der Waals surface area contributed by atoms with Gasteiger partial charge in [0, 0.05) is 59.1 Å². The van der Waals surface area contributed by atoms with E-state index in [1.165, 1.54) is 0 Å². The van der Waals surface area contributed by atoms with E-state index in [0.717, 1.165) is 5.56 Å². The fraction of sp³-hybridized carbons (Fsp3) is 0.371. The predicted molar refractivity (Wildman–Crippen MR) is 184 cm³/mol. The second kappa shape index (κ2) is 13.4. The Morgan fingerprint density at radius 3 is 2.65 bits per heavy atom. The molecule has 0 bridgehead atoms. The minimum absolute atomic E-state index is 0.0304. The Kier molecular flexibility index (Phi) is 9.45. The summed E-state index contributed by atoms with van der Waals surface area (Å²) in [6.45, 7) is 5.84. The van der Waals surface area contributed by atoms with Crippen molar-refractivity contribution >= 4 is 43.2 Å². The van der Waals surface area contributed by atoms with E-state index in [2.05, 4.69) is 15.6 Å². The second-order valence-electron chi connectivity index (χ2n) is 12.9. The van der Waals surface area contributed by atoms with Crippen LogP contribution in [0.2, 0.25) is 23.7 Å². The Morgan fingerprint density at radius 1 is 1.17 bits per heavy atom. The molecule has 2 aliphatic heterocycles. The molecule has 2 aliphatic rings. The third-order valence-electron chi connectivity index (χ3n) is 9.40. The van der Waals surface area contributed by atoms with E-state index >= 15 is 4.11 Å². The number of amides is 2. The van der Waals surface area contributed by atoms with Crippen molar-refractivity contribution in [2.45, 2.75) is 63.2 Å². The molecule has 4 atom stereocenters. The molecule has 13 heteroatoms. The molecule has 2 amide bonds. The summed E-state index contributed by atoms with van der Waals surface area (Å²) in [5.41, 5.74) is 1.91. The highest BCUT2D eigenvalue weighted by molar-refractivity contribution is 6.72. The SMILES string of the molecule is COc1ccc(C(=O)Nc2cccc(CN3C(=O)[C@]4(O[C@H](CCn5cc(CCO)nn5)[C@@H]([Si](C)(C)F)[C@@H]4C)c4cc(Cl)ccc43)c2)cc1. The van der Waals surface area contributed by atoms with Gasteiger partial charge in [-0.3, -0.25) is 14.3 Å². The number of aromatic nitrogens is 3. The molecule has 1 saturated heterocycles.